The van der Waals surface area contributed by atoms with Crippen molar-refractivity contribution in [3.05, 3.63) is 0 Å². The van der Waals surface area contributed by atoms with Crippen molar-refractivity contribution in [3.63, 3.8) is 0 Å². The van der Waals surface area contributed by atoms with E-state index in [2.05, 4.69) is 27.9 Å². The van der Waals surface area contributed by atoms with E-state index in [9.17, 15) is 9.59 Å². The van der Waals surface area contributed by atoms with Gasteiger partial charge in [-0.05, 0) is 12.8 Å². The average molecular weight is 387 g/mol. The Hall–Kier alpha value is -1.10. The fourth-order valence-corrected chi connectivity index (χ4v) is 2.82. The van der Waals surface area contributed by atoms with E-state index < -0.39 is 0 Å². The van der Waals surface area contributed by atoms with E-state index in [4.69, 9.17) is 9.47 Å². The fourth-order valence-electron chi connectivity index (χ4n) is 2.82. The van der Waals surface area contributed by atoms with Gasteiger partial charge in [0.2, 0.25) is 0 Å². The number of ether oxygens (including phenoxy) is 2. The van der Waals surface area contributed by atoms with Gasteiger partial charge in [-0.1, -0.05) is 65.2 Å². The zero-order valence-corrected chi connectivity index (χ0v) is 18.4. The second-order valence-electron chi connectivity index (χ2n) is 8.15. The normalized spacial score (nSPS) is 11.4. The van der Waals surface area contributed by atoms with Gasteiger partial charge in [0.05, 0.1) is 14.1 Å². The summed E-state index contributed by atoms with van der Waals surface area (Å²) in [7, 11) is 4.13. The summed E-state index contributed by atoms with van der Waals surface area (Å²) in [6.07, 6.45) is 12.4. The van der Waals surface area contributed by atoms with E-state index in [1.165, 1.54) is 38.5 Å². The van der Waals surface area contributed by atoms with Crippen LogP contribution in [0.1, 0.15) is 90.9 Å². The maximum Gasteiger partial charge on any atom is 0.305 e. The quantitative estimate of drug-likeness (QED) is 0.192. The van der Waals surface area contributed by atoms with Crippen molar-refractivity contribution in [1.29, 1.82) is 0 Å². The van der Waals surface area contributed by atoms with Crippen LogP contribution in [0.2, 0.25) is 0 Å². The molecule has 0 aromatic heterocycles. The summed E-state index contributed by atoms with van der Waals surface area (Å²) in [4.78, 5) is 23.5. The lowest BCUT2D eigenvalue weighted by Crippen LogP contribution is -2.45. The van der Waals surface area contributed by atoms with Crippen molar-refractivity contribution in [2.24, 2.45) is 0 Å². The average Bonchev–Trinajstić information content (AvgIpc) is 2.61. The molecule has 27 heavy (non-hydrogen) atoms. The van der Waals surface area contributed by atoms with Gasteiger partial charge >= 0.3 is 11.9 Å². The van der Waals surface area contributed by atoms with Crippen LogP contribution in [0.3, 0.4) is 0 Å². The van der Waals surface area contributed by atoms with Crippen molar-refractivity contribution >= 4 is 11.9 Å². The fraction of sp³-hybridized carbons (Fsp3) is 0.909. The van der Waals surface area contributed by atoms with Crippen LogP contribution in [-0.4, -0.2) is 56.8 Å². The van der Waals surface area contributed by atoms with Crippen LogP contribution in [0.25, 0.3) is 0 Å². The molecular weight excluding hydrogens is 342 g/mol. The first-order valence-electron chi connectivity index (χ1n) is 11.0. The van der Waals surface area contributed by atoms with Gasteiger partial charge in [0.25, 0.3) is 0 Å². The first-order chi connectivity index (χ1) is 12.9. The molecule has 0 spiro atoms. The van der Waals surface area contributed by atoms with Gasteiger partial charge in [0.1, 0.15) is 26.3 Å². The molecule has 0 N–H and O–H groups in total. The molecule has 160 valence electrons. The number of quaternary nitrogens is 1. The molecule has 5 heteroatoms. The minimum atomic E-state index is -0.0963. The predicted octanol–water partition coefficient (Wildman–Crippen LogP) is 4.87. The third-order valence-electron chi connectivity index (χ3n) is 4.89. The Labute approximate surface area is 167 Å². The smallest absolute Gasteiger partial charge is 0.305 e. The Bertz CT molecular complexity index is 349. The topological polar surface area (TPSA) is 52.6 Å². The number of unbranched alkanes of at least 4 members (excludes halogenated alkanes) is 8. The molecule has 5 nitrogen and oxygen atoms in total. The molecule has 0 amide bonds. The third-order valence-corrected chi connectivity index (χ3v) is 4.89. The van der Waals surface area contributed by atoms with Crippen LogP contribution in [-0.2, 0) is 19.1 Å². The monoisotopic (exact) mass is 386 g/mol. The lowest BCUT2D eigenvalue weighted by atomic mass is 10.1. The van der Waals surface area contributed by atoms with E-state index in [0.29, 0.717) is 30.5 Å². The van der Waals surface area contributed by atoms with Gasteiger partial charge in [0.15, 0.2) is 0 Å². The van der Waals surface area contributed by atoms with Crippen molar-refractivity contribution in [2.45, 2.75) is 90.9 Å². The number of carbonyl (C=O) groups excluding carboxylic acids is 2. The summed E-state index contributed by atoms with van der Waals surface area (Å²) in [5, 5.41) is 0. The minimum Gasteiger partial charge on any atom is -0.460 e. The van der Waals surface area contributed by atoms with E-state index >= 15 is 0 Å². The summed E-state index contributed by atoms with van der Waals surface area (Å²) in [5.41, 5.74) is 0. The number of likely N-dealkylation sites (N-methyl/N-ethyl adjacent to an activating group) is 1. The number of esters is 2. The van der Waals surface area contributed by atoms with Crippen molar-refractivity contribution in [2.75, 3.05) is 40.4 Å². The molecule has 0 aliphatic heterocycles. The van der Waals surface area contributed by atoms with Crippen LogP contribution < -0.4 is 0 Å². The van der Waals surface area contributed by atoms with Gasteiger partial charge in [-0.2, -0.15) is 0 Å². The van der Waals surface area contributed by atoms with Gasteiger partial charge < -0.3 is 14.0 Å². The molecular formula is C22H44NO4+. The third kappa shape index (κ3) is 18.0. The van der Waals surface area contributed by atoms with E-state index in [1.807, 2.05) is 0 Å². The molecule has 0 aliphatic rings. The Morgan fingerprint density at radius 3 is 1.37 bits per heavy atom. The van der Waals surface area contributed by atoms with Crippen LogP contribution in [0, 0.1) is 0 Å². The largest absolute Gasteiger partial charge is 0.460 e. The number of carbonyl (C=O) groups is 2. The van der Waals surface area contributed by atoms with Crippen molar-refractivity contribution < 1.29 is 23.5 Å². The zero-order chi connectivity index (χ0) is 20.4. The SMILES string of the molecule is CCCCCCCC(=O)OCC[N+](C)(C)CCOC(=O)CCCCCCC. The molecule has 0 heterocycles. The molecule has 0 saturated heterocycles. The second-order valence-corrected chi connectivity index (χ2v) is 8.15. The highest BCUT2D eigenvalue weighted by Crippen LogP contribution is 2.07. The number of nitrogens with zero attached hydrogens (tertiary/aromatic N) is 1. The molecule has 0 aromatic rings. The summed E-state index contributed by atoms with van der Waals surface area (Å²) >= 11 is 0. The van der Waals surface area contributed by atoms with Crippen LogP contribution in [0.5, 0.6) is 0 Å². The highest BCUT2D eigenvalue weighted by Gasteiger charge is 2.17. The molecule has 0 fully saturated rings. The molecule has 0 saturated carbocycles. The molecule has 0 aliphatic carbocycles. The summed E-state index contributed by atoms with van der Waals surface area (Å²) < 4.78 is 11.3. The van der Waals surface area contributed by atoms with E-state index in [0.717, 1.165) is 38.8 Å². The molecule has 0 unspecified atom stereocenters. The lowest BCUT2D eigenvalue weighted by molar-refractivity contribution is -0.890. The summed E-state index contributed by atoms with van der Waals surface area (Å²) in [6.45, 7) is 6.68. The molecule has 0 rings (SSSR count). The minimum absolute atomic E-state index is 0.0963. The first kappa shape index (κ1) is 25.9. The van der Waals surface area contributed by atoms with Crippen LogP contribution >= 0.6 is 0 Å². The molecule has 0 radical (unpaired) electrons. The molecule has 0 aromatic carbocycles. The predicted molar refractivity (Wildman–Crippen MR) is 111 cm³/mol. The number of hydrogen-bond donors (Lipinski definition) is 0. The van der Waals surface area contributed by atoms with Crippen LogP contribution in [0.4, 0.5) is 0 Å². The van der Waals surface area contributed by atoms with E-state index in [1.54, 1.807) is 0 Å². The second kappa shape index (κ2) is 17.0. The van der Waals surface area contributed by atoms with Crippen molar-refractivity contribution in [1.82, 2.24) is 0 Å². The zero-order valence-electron chi connectivity index (χ0n) is 18.4. The number of hydrogen-bond acceptors (Lipinski definition) is 4. The maximum absolute atomic E-state index is 11.7. The van der Waals surface area contributed by atoms with Gasteiger partial charge in [-0.15, -0.1) is 0 Å². The Morgan fingerprint density at radius 2 is 1.00 bits per heavy atom. The molecule has 0 atom stereocenters. The van der Waals surface area contributed by atoms with Crippen LogP contribution in [0.15, 0.2) is 0 Å². The first-order valence-corrected chi connectivity index (χ1v) is 11.0. The van der Waals surface area contributed by atoms with Gasteiger partial charge in [-0.25, -0.2) is 0 Å². The van der Waals surface area contributed by atoms with Crippen molar-refractivity contribution in [3.8, 4) is 0 Å². The summed E-state index contributed by atoms with van der Waals surface area (Å²) in [6, 6.07) is 0. The molecule has 0 bridgehead atoms. The van der Waals surface area contributed by atoms with E-state index in [-0.39, 0.29) is 11.9 Å². The highest BCUT2D eigenvalue weighted by atomic mass is 16.5. The van der Waals surface area contributed by atoms with Gasteiger partial charge in [0, 0.05) is 12.8 Å². The Morgan fingerprint density at radius 1 is 0.630 bits per heavy atom. The standard InChI is InChI=1S/C22H44NO4/c1-5-7-9-11-13-15-21(24)26-19-17-23(3,4)18-20-27-22(25)16-14-12-10-8-6-2/h5-20H2,1-4H3/q+1. The maximum atomic E-state index is 11.7. The summed E-state index contributed by atoms with van der Waals surface area (Å²) in [5.74, 6) is -0.193. The Balaban J connectivity index is 3.67. The highest BCUT2D eigenvalue weighted by molar-refractivity contribution is 5.69. The lowest BCUT2D eigenvalue weighted by Gasteiger charge is -2.29. The van der Waals surface area contributed by atoms with Gasteiger partial charge in [-0.3, -0.25) is 9.59 Å². The Kier molecular flexibility index (Phi) is 16.3. The number of rotatable bonds is 18.